The summed E-state index contributed by atoms with van der Waals surface area (Å²) < 4.78 is 21.6. The lowest BCUT2D eigenvalue weighted by molar-refractivity contribution is 0.191. The van der Waals surface area contributed by atoms with E-state index in [9.17, 15) is 0 Å². The fourth-order valence-electron chi connectivity index (χ4n) is 2.64. The summed E-state index contributed by atoms with van der Waals surface area (Å²) in [7, 11) is -0.428. The number of hydrogen-bond donors (Lipinski definition) is 1. The third kappa shape index (κ3) is 8.93. The fraction of sp³-hybridized carbons (Fsp3) is 0.727. The molecule has 166 valence electrons. The molecule has 1 rings (SSSR count). The Morgan fingerprint density at radius 2 is 2.03 bits per heavy atom. The smallest absolute Gasteiger partial charge is 0.193 e. The van der Waals surface area contributed by atoms with Gasteiger partial charge in [0.1, 0.15) is 17.6 Å². The second-order valence-corrected chi connectivity index (χ2v) is 14.4. The molecule has 5 nitrogen and oxygen atoms in total. The van der Waals surface area contributed by atoms with Crippen molar-refractivity contribution in [2.75, 3.05) is 6.61 Å². The highest BCUT2D eigenvalue weighted by Gasteiger charge is 2.39. The molecule has 0 bridgehead atoms. The van der Waals surface area contributed by atoms with Crippen molar-refractivity contribution >= 4 is 14.4 Å². The molecule has 0 spiro atoms. The molecule has 0 radical (unpaired) electrons. The van der Waals surface area contributed by atoms with E-state index in [4.69, 9.17) is 9.53 Å². The normalized spacial score (nSPS) is 16.2. The maximum atomic E-state index is 15.2. The summed E-state index contributed by atoms with van der Waals surface area (Å²) in [5.41, 5.74) is 1.72. The van der Waals surface area contributed by atoms with Crippen molar-refractivity contribution in [1.29, 1.82) is 0 Å². The van der Waals surface area contributed by atoms with Gasteiger partial charge in [-0.15, -0.1) is 0 Å². The predicted octanol–water partition coefficient (Wildman–Crippen LogP) is 5.65. The summed E-state index contributed by atoms with van der Waals surface area (Å²) in [5.74, 6) is 0.0121. The summed E-state index contributed by atoms with van der Waals surface area (Å²) in [6.07, 6.45) is 7.91. The number of aromatic nitrogens is 3. The molecule has 0 saturated carbocycles. The molecule has 0 aromatic carbocycles. The van der Waals surface area contributed by atoms with Gasteiger partial charge in [0.2, 0.25) is 0 Å². The quantitative estimate of drug-likeness (QED) is 0.367. The Morgan fingerprint density at radius 1 is 1.38 bits per heavy atom. The number of aliphatic hydroxyl groups is 1. The number of halogens is 1. The second kappa shape index (κ2) is 11.2. The Hall–Kier alpha value is -1.31. The van der Waals surface area contributed by atoms with Gasteiger partial charge in [0.05, 0.1) is 6.20 Å². The molecule has 0 aliphatic carbocycles. The second-order valence-electron chi connectivity index (χ2n) is 9.62. The van der Waals surface area contributed by atoms with Crippen LogP contribution in [0.3, 0.4) is 0 Å². The molecule has 7 heteroatoms. The van der Waals surface area contributed by atoms with Crippen LogP contribution in [0, 0.1) is 5.92 Å². The zero-order chi connectivity index (χ0) is 22.2. The summed E-state index contributed by atoms with van der Waals surface area (Å²) in [6.45, 7) is 15.1. The molecule has 1 heterocycles. The van der Waals surface area contributed by atoms with Gasteiger partial charge >= 0.3 is 0 Å². The van der Waals surface area contributed by atoms with E-state index >= 15 is 4.39 Å². The number of hydrogen-bond acceptors (Lipinski definition) is 4. The van der Waals surface area contributed by atoms with Gasteiger partial charge in [-0.25, -0.2) is 4.39 Å². The molecule has 1 N–H and O–H groups in total. The number of aryl methyl sites for hydroxylation is 1. The monoisotopic (exact) mass is 425 g/mol. The molecule has 0 aliphatic rings. The molecule has 0 amide bonds. The highest BCUT2D eigenvalue weighted by molar-refractivity contribution is 6.74. The Balaban J connectivity index is 2.92. The van der Waals surface area contributed by atoms with E-state index in [2.05, 4.69) is 64.0 Å². The molecular weight excluding hydrogens is 385 g/mol. The van der Waals surface area contributed by atoms with Gasteiger partial charge in [0.25, 0.3) is 0 Å². The van der Waals surface area contributed by atoms with Crippen molar-refractivity contribution in [1.82, 2.24) is 15.0 Å². The first kappa shape index (κ1) is 25.7. The van der Waals surface area contributed by atoms with Crippen LogP contribution in [0.25, 0.3) is 6.08 Å². The van der Waals surface area contributed by atoms with E-state index in [0.717, 1.165) is 19.3 Å². The summed E-state index contributed by atoms with van der Waals surface area (Å²) in [4.78, 5) is 1.42. The standard InChI is InChI=1S/C22H40FN3O2Si/c1-17(10-9-11-18(2)16-27)12-13-21(28-29(7,8)22(3,4)5)20(23)14-19-15-24-26(6)25-19/h12,14-15,18,21,27H,9-11,13,16H2,1-8H3/b17-12?,20-14-/t18?,21-/m0/s1. The van der Waals surface area contributed by atoms with E-state index in [1.807, 2.05) is 0 Å². The van der Waals surface area contributed by atoms with Crippen molar-refractivity contribution in [3.05, 3.63) is 29.4 Å². The third-order valence-electron chi connectivity index (χ3n) is 5.71. The molecule has 1 unspecified atom stereocenters. The first-order valence-electron chi connectivity index (χ1n) is 10.5. The van der Waals surface area contributed by atoms with E-state index in [-0.39, 0.29) is 17.5 Å². The minimum absolute atomic E-state index is 0.00270. The molecule has 2 atom stereocenters. The largest absolute Gasteiger partial charge is 0.407 e. The Kier molecular flexibility index (Phi) is 9.92. The van der Waals surface area contributed by atoms with Gasteiger partial charge in [-0.05, 0) is 56.7 Å². The molecule has 0 saturated heterocycles. The predicted molar refractivity (Wildman–Crippen MR) is 121 cm³/mol. The molecule has 29 heavy (non-hydrogen) atoms. The van der Waals surface area contributed by atoms with Crippen LogP contribution in [0.1, 0.15) is 66.0 Å². The van der Waals surface area contributed by atoms with Crippen LogP contribution in [0.15, 0.2) is 23.7 Å². The van der Waals surface area contributed by atoms with Gasteiger partial charge in [-0.3, -0.25) is 0 Å². The van der Waals surface area contributed by atoms with Crippen LogP contribution in [-0.4, -0.2) is 41.1 Å². The van der Waals surface area contributed by atoms with Crippen molar-refractivity contribution in [2.45, 2.75) is 84.5 Å². The highest BCUT2D eigenvalue weighted by atomic mass is 28.4. The highest BCUT2D eigenvalue weighted by Crippen LogP contribution is 2.39. The maximum absolute atomic E-state index is 15.2. The van der Waals surface area contributed by atoms with E-state index in [1.165, 1.54) is 16.4 Å². The van der Waals surface area contributed by atoms with Crippen LogP contribution in [0.2, 0.25) is 18.1 Å². The topological polar surface area (TPSA) is 60.2 Å². The maximum Gasteiger partial charge on any atom is 0.193 e. The Bertz CT molecular complexity index is 692. The molecular formula is C22H40FN3O2Si. The summed E-state index contributed by atoms with van der Waals surface area (Å²) >= 11 is 0. The van der Waals surface area contributed by atoms with Crippen molar-refractivity contribution in [3.8, 4) is 0 Å². The van der Waals surface area contributed by atoms with Crippen molar-refractivity contribution in [3.63, 3.8) is 0 Å². The van der Waals surface area contributed by atoms with Gasteiger partial charge in [0.15, 0.2) is 8.32 Å². The minimum atomic E-state index is -2.14. The number of rotatable bonds is 11. The molecule has 0 fully saturated rings. The van der Waals surface area contributed by atoms with Gasteiger partial charge in [-0.2, -0.15) is 15.0 Å². The minimum Gasteiger partial charge on any atom is -0.407 e. The fourth-order valence-corrected chi connectivity index (χ4v) is 3.92. The summed E-state index contributed by atoms with van der Waals surface area (Å²) in [6, 6.07) is 0. The molecule has 1 aromatic rings. The summed E-state index contributed by atoms with van der Waals surface area (Å²) in [5, 5.41) is 17.3. The van der Waals surface area contributed by atoms with E-state index in [1.54, 1.807) is 13.2 Å². The number of allylic oxidation sites excluding steroid dienone is 1. The average molecular weight is 426 g/mol. The Morgan fingerprint density at radius 3 is 2.55 bits per heavy atom. The van der Waals surface area contributed by atoms with Crippen LogP contribution >= 0.6 is 0 Å². The molecule has 0 aliphatic heterocycles. The van der Waals surface area contributed by atoms with Gasteiger partial charge < -0.3 is 9.53 Å². The first-order chi connectivity index (χ1) is 13.4. The molecule has 1 aromatic heterocycles. The lowest BCUT2D eigenvalue weighted by atomic mass is 10.0. The van der Waals surface area contributed by atoms with Crippen molar-refractivity contribution < 1.29 is 13.9 Å². The van der Waals surface area contributed by atoms with Crippen LogP contribution < -0.4 is 0 Å². The average Bonchev–Trinajstić information content (AvgIpc) is 3.01. The van der Waals surface area contributed by atoms with Gasteiger partial charge in [0, 0.05) is 19.7 Å². The first-order valence-corrected chi connectivity index (χ1v) is 13.4. The lowest BCUT2D eigenvalue weighted by Gasteiger charge is -2.38. The van der Waals surface area contributed by atoms with Crippen LogP contribution in [0.5, 0.6) is 0 Å². The third-order valence-corrected chi connectivity index (χ3v) is 10.2. The SMILES string of the molecule is CC(=CC[C@H](O[Si](C)(C)C(C)(C)C)/C(F)=C/c1cnn(C)n1)CCCC(C)CO. The Labute approximate surface area is 177 Å². The van der Waals surface area contributed by atoms with Crippen LogP contribution in [0.4, 0.5) is 4.39 Å². The van der Waals surface area contributed by atoms with Crippen LogP contribution in [-0.2, 0) is 11.5 Å². The number of nitrogens with zero attached hydrogens (tertiary/aromatic N) is 3. The lowest BCUT2D eigenvalue weighted by Crippen LogP contribution is -2.44. The zero-order valence-corrected chi connectivity index (χ0v) is 20.5. The zero-order valence-electron chi connectivity index (χ0n) is 19.5. The van der Waals surface area contributed by atoms with E-state index < -0.39 is 14.4 Å². The van der Waals surface area contributed by atoms with Gasteiger partial charge in [-0.1, -0.05) is 39.3 Å². The van der Waals surface area contributed by atoms with E-state index in [0.29, 0.717) is 18.0 Å². The number of aliphatic hydroxyl groups excluding tert-OH is 1. The van der Waals surface area contributed by atoms with Crippen molar-refractivity contribution in [2.24, 2.45) is 13.0 Å².